The zero-order valence-corrected chi connectivity index (χ0v) is 8.78. The number of hydrogen-bond donors (Lipinski definition) is 2. The lowest BCUT2D eigenvalue weighted by molar-refractivity contribution is -0.139. The van der Waals surface area contributed by atoms with Crippen LogP contribution in [0.4, 0.5) is 8.78 Å². The molecular weight excluding hydrogens is 216 g/mol. The van der Waals surface area contributed by atoms with Crippen LogP contribution in [0.5, 0.6) is 0 Å². The summed E-state index contributed by atoms with van der Waals surface area (Å²) in [7, 11) is 0. The van der Waals surface area contributed by atoms with E-state index in [4.69, 9.17) is 5.11 Å². The van der Waals surface area contributed by atoms with Gasteiger partial charge in [-0.25, -0.2) is 0 Å². The van der Waals surface area contributed by atoms with Crippen LogP contribution in [0.3, 0.4) is 0 Å². The number of aliphatic carboxylic acids is 1. The maximum Gasteiger partial charge on any atom is 0.320 e. The van der Waals surface area contributed by atoms with Crippen LogP contribution in [-0.2, 0) is 10.7 Å². The third kappa shape index (κ3) is 3.27. The fourth-order valence-electron chi connectivity index (χ4n) is 1.15. The van der Waals surface area contributed by atoms with Crippen molar-refractivity contribution in [1.29, 1.82) is 0 Å². The highest BCUT2D eigenvalue weighted by atomic mass is 19.3. The summed E-state index contributed by atoms with van der Waals surface area (Å²) in [5.41, 5.74) is -0.125. The Hall–Kier alpha value is -1.49. The number of benzene rings is 1. The van der Waals surface area contributed by atoms with Crippen LogP contribution in [0.2, 0.25) is 0 Å². The van der Waals surface area contributed by atoms with Gasteiger partial charge in [-0.2, -0.15) is 8.78 Å². The lowest BCUT2D eigenvalue weighted by atomic mass is 10.1. The van der Waals surface area contributed by atoms with Crippen LogP contribution in [0.1, 0.15) is 12.5 Å². The zero-order valence-electron chi connectivity index (χ0n) is 8.78. The molecule has 0 radical (unpaired) electrons. The van der Waals surface area contributed by atoms with Crippen LogP contribution in [0, 0.1) is 0 Å². The zero-order chi connectivity index (χ0) is 12.2. The van der Waals surface area contributed by atoms with E-state index in [0.29, 0.717) is 0 Å². The molecule has 1 aromatic rings. The Morgan fingerprint density at radius 1 is 1.44 bits per heavy atom. The molecule has 88 valence electrons. The Bertz CT molecular complexity index is 354. The van der Waals surface area contributed by atoms with E-state index in [1.54, 1.807) is 6.07 Å². The number of alkyl halides is 2. The summed E-state index contributed by atoms with van der Waals surface area (Å²) in [5, 5.41) is 10.8. The minimum absolute atomic E-state index is 0.125. The first-order chi connectivity index (χ1) is 7.43. The quantitative estimate of drug-likeness (QED) is 0.810. The van der Waals surface area contributed by atoms with Crippen molar-refractivity contribution in [2.24, 2.45) is 0 Å². The molecule has 0 aliphatic rings. The number of carbonyl (C=O) groups is 1. The van der Waals surface area contributed by atoms with E-state index in [1.807, 2.05) is 0 Å². The van der Waals surface area contributed by atoms with E-state index < -0.39 is 24.5 Å². The van der Waals surface area contributed by atoms with Crippen molar-refractivity contribution in [2.45, 2.75) is 18.9 Å². The van der Waals surface area contributed by atoms with Crippen molar-refractivity contribution >= 4 is 5.97 Å². The van der Waals surface area contributed by atoms with Gasteiger partial charge in [0.05, 0.1) is 6.54 Å². The Morgan fingerprint density at radius 3 is 2.50 bits per heavy atom. The average molecular weight is 229 g/mol. The van der Waals surface area contributed by atoms with E-state index in [2.05, 4.69) is 5.32 Å². The summed E-state index contributed by atoms with van der Waals surface area (Å²) in [4.78, 5) is 10.4. The number of carboxylic acids is 1. The molecule has 1 unspecified atom stereocenters. The van der Waals surface area contributed by atoms with Gasteiger partial charge in [0.25, 0.3) is 5.92 Å². The van der Waals surface area contributed by atoms with Crippen molar-refractivity contribution in [1.82, 2.24) is 5.32 Å². The molecule has 0 amide bonds. The van der Waals surface area contributed by atoms with Gasteiger partial charge in [0.2, 0.25) is 0 Å². The molecule has 1 rings (SSSR count). The summed E-state index contributed by atoms with van der Waals surface area (Å²) in [5.74, 6) is -4.21. The Morgan fingerprint density at radius 2 is 2.00 bits per heavy atom. The van der Waals surface area contributed by atoms with Gasteiger partial charge in [-0.1, -0.05) is 30.3 Å². The van der Waals surface area contributed by atoms with Gasteiger partial charge in [0.15, 0.2) is 0 Å². The molecule has 16 heavy (non-hydrogen) atoms. The molecule has 0 bridgehead atoms. The molecule has 0 aliphatic carbocycles. The highest BCUT2D eigenvalue weighted by Gasteiger charge is 2.31. The summed E-state index contributed by atoms with van der Waals surface area (Å²) in [6.07, 6.45) is 0. The van der Waals surface area contributed by atoms with Gasteiger partial charge in [0, 0.05) is 5.56 Å². The summed E-state index contributed by atoms with van der Waals surface area (Å²) in [6.45, 7) is 0.633. The van der Waals surface area contributed by atoms with E-state index in [1.165, 1.54) is 31.2 Å². The second-order valence-electron chi connectivity index (χ2n) is 3.51. The number of rotatable bonds is 5. The molecule has 0 heterocycles. The van der Waals surface area contributed by atoms with E-state index in [-0.39, 0.29) is 5.56 Å². The molecule has 3 nitrogen and oxygen atoms in total. The van der Waals surface area contributed by atoms with Crippen molar-refractivity contribution in [3.05, 3.63) is 35.9 Å². The average Bonchev–Trinajstić information content (AvgIpc) is 2.27. The molecule has 0 aliphatic heterocycles. The van der Waals surface area contributed by atoms with Crippen molar-refractivity contribution in [3.8, 4) is 0 Å². The van der Waals surface area contributed by atoms with Gasteiger partial charge in [-0.05, 0) is 6.92 Å². The molecule has 1 atom stereocenters. The molecule has 5 heteroatoms. The Labute approximate surface area is 92.1 Å². The minimum Gasteiger partial charge on any atom is -0.480 e. The normalized spacial score (nSPS) is 13.4. The second-order valence-corrected chi connectivity index (χ2v) is 3.51. The van der Waals surface area contributed by atoms with Gasteiger partial charge < -0.3 is 5.11 Å². The molecule has 0 aromatic heterocycles. The van der Waals surface area contributed by atoms with Crippen molar-refractivity contribution in [2.75, 3.05) is 6.54 Å². The first-order valence-corrected chi connectivity index (χ1v) is 4.83. The third-order valence-corrected chi connectivity index (χ3v) is 2.20. The number of carboxylic acid groups (broad SMARTS) is 1. The van der Waals surface area contributed by atoms with Crippen molar-refractivity contribution < 1.29 is 18.7 Å². The standard InChI is InChI=1S/C11H13F2NO2/c1-8(10(15)16)14-7-11(12,13)9-5-3-2-4-6-9/h2-6,8,14H,7H2,1H3,(H,15,16). The fraction of sp³-hybridized carbons (Fsp3) is 0.364. The number of halogens is 2. The third-order valence-electron chi connectivity index (χ3n) is 2.20. The first-order valence-electron chi connectivity index (χ1n) is 4.83. The highest BCUT2D eigenvalue weighted by Crippen LogP contribution is 2.26. The molecule has 1 aromatic carbocycles. The number of nitrogens with one attached hydrogen (secondary N) is 1. The van der Waals surface area contributed by atoms with Gasteiger partial charge in [0.1, 0.15) is 6.04 Å². The summed E-state index contributed by atoms with van der Waals surface area (Å²) in [6, 6.07) is 6.32. The van der Waals surface area contributed by atoms with E-state index in [0.717, 1.165) is 0 Å². The monoisotopic (exact) mass is 229 g/mol. The van der Waals surface area contributed by atoms with Crippen LogP contribution in [-0.4, -0.2) is 23.7 Å². The Balaban J connectivity index is 2.62. The van der Waals surface area contributed by atoms with Crippen LogP contribution < -0.4 is 5.32 Å². The first kappa shape index (κ1) is 12.6. The van der Waals surface area contributed by atoms with Crippen LogP contribution in [0.25, 0.3) is 0 Å². The van der Waals surface area contributed by atoms with Crippen molar-refractivity contribution in [3.63, 3.8) is 0 Å². The molecule has 0 spiro atoms. The summed E-state index contributed by atoms with van der Waals surface area (Å²) >= 11 is 0. The maximum atomic E-state index is 13.5. The van der Waals surface area contributed by atoms with Crippen LogP contribution >= 0.6 is 0 Å². The predicted octanol–water partition coefficient (Wildman–Crippen LogP) is 1.84. The molecular formula is C11H13F2NO2. The highest BCUT2D eigenvalue weighted by molar-refractivity contribution is 5.72. The molecule has 2 N–H and O–H groups in total. The summed E-state index contributed by atoms with van der Waals surface area (Å²) < 4.78 is 27.0. The lowest BCUT2D eigenvalue weighted by Crippen LogP contribution is -2.40. The lowest BCUT2D eigenvalue weighted by Gasteiger charge is -2.19. The predicted molar refractivity (Wildman–Crippen MR) is 55.4 cm³/mol. The van der Waals surface area contributed by atoms with E-state index in [9.17, 15) is 13.6 Å². The van der Waals surface area contributed by atoms with Gasteiger partial charge in [-0.15, -0.1) is 0 Å². The van der Waals surface area contributed by atoms with E-state index >= 15 is 0 Å². The molecule has 0 saturated heterocycles. The smallest absolute Gasteiger partial charge is 0.320 e. The largest absolute Gasteiger partial charge is 0.480 e. The van der Waals surface area contributed by atoms with Gasteiger partial charge in [-0.3, -0.25) is 10.1 Å². The van der Waals surface area contributed by atoms with Gasteiger partial charge >= 0.3 is 5.97 Å². The Kier molecular flexibility index (Phi) is 3.95. The fourth-order valence-corrected chi connectivity index (χ4v) is 1.15. The minimum atomic E-state index is -3.06. The topological polar surface area (TPSA) is 49.3 Å². The van der Waals surface area contributed by atoms with Crippen LogP contribution in [0.15, 0.2) is 30.3 Å². The second kappa shape index (κ2) is 5.03. The number of hydrogen-bond acceptors (Lipinski definition) is 2. The molecule has 0 fully saturated rings. The molecule has 0 saturated carbocycles. The maximum absolute atomic E-state index is 13.5. The SMILES string of the molecule is CC(NCC(F)(F)c1ccccc1)C(=O)O.